The summed E-state index contributed by atoms with van der Waals surface area (Å²) in [5.74, 6) is 2.20. The van der Waals surface area contributed by atoms with Crippen LogP contribution in [0.3, 0.4) is 0 Å². The lowest BCUT2D eigenvalue weighted by Gasteiger charge is -2.27. The molecule has 2 nitrogen and oxygen atoms in total. The number of rotatable bonds is 1. The molecule has 17 heavy (non-hydrogen) atoms. The highest BCUT2D eigenvalue weighted by Gasteiger charge is 2.21. The van der Waals surface area contributed by atoms with Gasteiger partial charge < -0.3 is 4.90 Å². The lowest BCUT2D eigenvalue weighted by molar-refractivity contribution is 0.0771. The summed E-state index contributed by atoms with van der Waals surface area (Å²) < 4.78 is 1.79. The third kappa shape index (κ3) is 3.06. The number of halogens is 2. The molecule has 92 valence electrons. The monoisotopic (exact) mass is 377 g/mol. The Morgan fingerprint density at radius 2 is 1.94 bits per heavy atom. The minimum absolute atomic E-state index is 0.126. The van der Waals surface area contributed by atoms with Crippen molar-refractivity contribution in [3.05, 3.63) is 32.2 Å². The van der Waals surface area contributed by atoms with Gasteiger partial charge in [0.15, 0.2) is 0 Å². The quantitative estimate of drug-likeness (QED) is 0.742. The molecular weight excluding hydrogens is 366 g/mol. The standard InChI is InChI=1S/C12H13Br2NOS/c1-8-6-9(11(14)10(13)7-8)12(16)15-2-4-17-5-3-15/h6-7H,2-5H2,1H3. The highest BCUT2D eigenvalue weighted by Crippen LogP contribution is 2.29. The Labute approximate surface area is 122 Å². The van der Waals surface area contributed by atoms with E-state index in [4.69, 9.17) is 0 Å². The van der Waals surface area contributed by atoms with Gasteiger partial charge in [-0.3, -0.25) is 4.79 Å². The van der Waals surface area contributed by atoms with Crippen LogP contribution in [-0.2, 0) is 0 Å². The Morgan fingerprint density at radius 3 is 2.59 bits per heavy atom. The van der Waals surface area contributed by atoms with E-state index < -0.39 is 0 Å². The molecule has 5 heteroatoms. The van der Waals surface area contributed by atoms with Gasteiger partial charge in [-0.1, -0.05) is 0 Å². The molecule has 0 saturated carbocycles. The number of carbonyl (C=O) groups excluding carboxylic acids is 1. The normalized spacial score (nSPS) is 16.1. The van der Waals surface area contributed by atoms with Crippen LogP contribution in [0.25, 0.3) is 0 Å². The summed E-state index contributed by atoms with van der Waals surface area (Å²) in [6.07, 6.45) is 0. The number of thioether (sulfide) groups is 1. The average molecular weight is 379 g/mol. The van der Waals surface area contributed by atoms with Crippen molar-refractivity contribution in [1.82, 2.24) is 4.90 Å². The van der Waals surface area contributed by atoms with E-state index in [1.807, 2.05) is 35.7 Å². The molecule has 1 saturated heterocycles. The first-order valence-corrected chi connectivity index (χ1v) is 8.16. The molecule has 0 radical (unpaired) electrons. The summed E-state index contributed by atoms with van der Waals surface area (Å²) in [5, 5.41) is 0. The maximum atomic E-state index is 12.4. The summed E-state index contributed by atoms with van der Waals surface area (Å²) in [4.78, 5) is 14.3. The number of nitrogens with zero attached hydrogens (tertiary/aromatic N) is 1. The van der Waals surface area contributed by atoms with Gasteiger partial charge in [-0.05, 0) is 56.5 Å². The highest BCUT2D eigenvalue weighted by molar-refractivity contribution is 9.13. The third-order valence-corrected chi connectivity index (χ3v) is 5.66. The number of benzene rings is 1. The lowest BCUT2D eigenvalue weighted by Crippen LogP contribution is -2.38. The Hall–Kier alpha value is -0.000000000000000111. The van der Waals surface area contributed by atoms with Gasteiger partial charge in [0.1, 0.15) is 0 Å². The van der Waals surface area contributed by atoms with Gasteiger partial charge in [0, 0.05) is 33.5 Å². The predicted molar refractivity (Wildman–Crippen MR) is 79.8 cm³/mol. The van der Waals surface area contributed by atoms with Crippen molar-refractivity contribution in [2.75, 3.05) is 24.6 Å². The fraction of sp³-hybridized carbons (Fsp3) is 0.417. The zero-order chi connectivity index (χ0) is 12.4. The molecule has 0 bridgehead atoms. The second-order valence-corrected chi connectivity index (χ2v) is 6.88. The van der Waals surface area contributed by atoms with Gasteiger partial charge in [-0.2, -0.15) is 11.8 Å². The number of carbonyl (C=O) groups is 1. The summed E-state index contributed by atoms with van der Waals surface area (Å²) in [6, 6.07) is 3.95. The van der Waals surface area contributed by atoms with E-state index in [1.165, 1.54) is 0 Å². The molecule has 0 N–H and O–H groups in total. The third-order valence-electron chi connectivity index (χ3n) is 2.70. The molecular formula is C12H13Br2NOS. The molecule has 1 heterocycles. The van der Waals surface area contributed by atoms with Gasteiger partial charge in [0.2, 0.25) is 0 Å². The van der Waals surface area contributed by atoms with Crippen molar-refractivity contribution in [2.24, 2.45) is 0 Å². The first-order chi connectivity index (χ1) is 8.09. The van der Waals surface area contributed by atoms with Crippen LogP contribution in [0.2, 0.25) is 0 Å². The van der Waals surface area contributed by atoms with E-state index in [-0.39, 0.29) is 5.91 Å². The number of amides is 1. The molecule has 1 aromatic carbocycles. The fourth-order valence-corrected chi connectivity index (χ4v) is 3.69. The topological polar surface area (TPSA) is 20.3 Å². The van der Waals surface area contributed by atoms with E-state index >= 15 is 0 Å². The van der Waals surface area contributed by atoms with Crippen LogP contribution < -0.4 is 0 Å². The van der Waals surface area contributed by atoms with E-state index in [1.54, 1.807) is 0 Å². The van der Waals surface area contributed by atoms with Crippen molar-refractivity contribution < 1.29 is 4.79 Å². The summed E-state index contributed by atoms with van der Waals surface area (Å²) in [5.41, 5.74) is 1.85. The van der Waals surface area contributed by atoms with Crippen molar-refractivity contribution in [1.29, 1.82) is 0 Å². The van der Waals surface area contributed by atoms with Gasteiger partial charge in [-0.15, -0.1) is 0 Å². The molecule has 2 rings (SSSR count). The van der Waals surface area contributed by atoms with Crippen LogP contribution >= 0.6 is 43.6 Å². The van der Waals surface area contributed by atoms with Crippen LogP contribution in [0.5, 0.6) is 0 Å². The zero-order valence-corrected chi connectivity index (χ0v) is 13.5. The maximum absolute atomic E-state index is 12.4. The van der Waals surface area contributed by atoms with Crippen molar-refractivity contribution >= 4 is 49.5 Å². The molecule has 0 aliphatic carbocycles. The zero-order valence-electron chi connectivity index (χ0n) is 9.50. The molecule has 0 unspecified atom stereocenters. The van der Waals surface area contributed by atoms with Gasteiger partial charge in [0.25, 0.3) is 5.91 Å². The Balaban J connectivity index is 2.29. The van der Waals surface area contributed by atoms with Crippen molar-refractivity contribution in [3.63, 3.8) is 0 Å². The maximum Gasteiger partial charge on any atom is 0.255 e. The summed E-state index contributed by atoms with van der Waals surface area (Å²) in [7, 11) is 0. The first-order valence-electron chi connectivity index (χ1n) is 5.42. The molecule has 1 aliphatic rings. The molecule has 1 amide bonds. The molecule has 0 aromatic heterocycles. The van der Waals surface area contributed by atoms with Gasteiger partial charge >= 0.3 is 0 Å². The fourth-order valence-electron chi connectivity index (χ4n) is 1.82. The smallest absolute Gasteiger partial charge is 0.255 e. The van der Waals surface area contributed by atoms with E-state index in [0.29, 0.717) is 0 Å². The predicted octanol–water partition coefficient (Wildman–Crippen LogP) is 3.71. The largest absolute Gasteiger partial charge is 0.337 e. The highest BCUT2D eigenvalue weighted by atomic mass is 79.9. The van der Waals surface area contributed by atoms with E-state index in [0.717, 1.165) is 44.7 Å². The SMILES string of the molecule is Cc1cc(Br)c(Br)c(C(=O)N2CCSCC2)c1. The molecule has 1 aromatic rings. The Bertz CT molecular complexity index is 444. The summed E-state index contributed by atoms with van der Waals surface area (Å²) >= 11 is 8.86. The second kappa shape index (κ2) is 5.76. The Kier molecular flexibility index (Phi) is 4.55. The van der Waals surface area contributed by atoms with Crippen molar-refractivity contribution in [2.45, 2.75) is 6.92 Å². The van der Waals surface area contributed by atoms with Gasteiger partial charge in [-0.25, -0.2) is 0 Å². The average Bonchev–Trinajstić information content (AvgIpc) is 2.34. The van der Waals surface area contributed by atoms with Crippen LogP contribution in [0.4, 0.5) is 0 Å². The number of hydrogen-bond acceptors (Lipinski definition) is 2. The Morgan fingerprint density at radius 1 is 1.29 bits per heavy atom. The molecule has 0 spiro atoms. The lowest BCUT2D eigenvalue weighted by atomic mass is 10.1. The molecule has 1 aliphatic heterocycles. The van der Waals surface area contributed by atoms with Crippen LogP contribution in [-0.4, -0.2) is 35.4 Å². The van der Waals surface area contributed by atoms with Crippen molar-refractivity contribution in [3.8, 4) is 0 Å². The van der Waals surface area contributed by atoms with Crippen LogP contribution in [0, 0.1) is 6.92 Å². The minimum Gasteiger partial charge on any atom is -0.337 e. The number of aryl methyl sites for hydroxylation is 1. The minimum atomic E-state index is 0.126. The van der Waals surface area contributed by atoms with Gasteiger partial charge in [0.05, 0.1) is 5.56 Å². The van der Waals surface area contributed by atoms with E-state index in [9.17, 15) is 4.79 Å². The van der Waals surface area contributed by atoms with Crippen LogP contribution in [0.1, 0.15) is 15.9 Å². The number of hydrogen-bond donors (Lipinski definition) is 0. The summed E-state index contributed by atoms with van der Waals surface area (Å²) in [6.45, 7) is 3.70. The first kappa shape index (κ1) is 13.4. The van der Waals surface area contributed by atoms with Crippen LogP contribution in [0.15, 0.2) is 21.1 Å². The molecule has 1 fully saturated rings. The molecule has 0 atom stereocenters. The van der Waals surface area contributed by atoms with E-state index in [2.05, 4.69) is 31.9 Å². The second-order valence-electron chi connectivity index (χ2n) is 4.01.